The van der Waals surface area contributed by atoms with Gasteiger partial charge >= 0.3 is 5.97 Å². The van der Waals surface area contributed by atoms with Crippen molar-refractivity contribution >= 4 is 17.9 Å². The third kappa shape index (κ3) is 3.40. The van der Waals surface area contributed by atoms with Crippen LogP contribution in [-0.2, 0) is 9.53 Å². The minimum atomic E-state index is -0.467. The number of rotatable bonds is 4. The zero-order chi connectivity index (χ0) is 18.0. The minimum absolute atomic E-state index is 0.252. The average Bonchev–Trinajstić information content (AvgIpc) is 2.98. The quantitative estimate of drug-likeness (QED) is 0.631. The topological polar surface area (TPSA) is 57.1 Å². The SMILES string of the molecule is COc1ccc(C2=N/C(=C/c3cc(C)ccc3C)C(=O)O2)cc1OC. The van der Waals surface area contributed by atoms with Crippen molar-refractivity contribution in [3.8, 4) is 11.5 Å². The molecule has 2 aromatic carbocycles. The van der Waals surface area contributed by atoms with Crippen molar-refractivity contribution in [1.82, 2.24) is 0 Å². The number of hydrogen-bond acceptors (Lipinski definition) is 5. The Morgan fingerprint density at radius 2 is 1.76 bits per heavy atom. The smallest absolute Gasteiger partial charge is 0.363 e. The van der Waals surface area contributed by atoms with E-state index in [0.717, 1.165) is 16.7 Å². The first-order valence-corrected chi connectivity index (χ1v) is 7.84. The fourth-order valence-corrected chi connectivity index (χ4v) is 2.56. The summed E-state index contributed by atoms with van der Waals surface area (Å²) in [7, 11) is 3.12. The molecule has 0 radical (unpaired) electrons. The maximum absolute atomic E-state index is 12.2. The van der Waals surface area contributed by atoms with Crippen LogP contribution < -0.4 is 9.47 Å². The van der Waals surface area contributed by atoms with E-state index in [1.807, 2.05) is 32.0 Å². The third-order valence-electron chi connectivity index (χ3n) is 3.98. The lowest BCUT2D eigenvalue weighted by atomic mass is 10.0. The van der Waals surface area contributed by atoms with Gasteiger partial charge in [-0.1, -0.05) is 23.8 Å². The van der Waals surface area contributed by atoms with Crippen molar-refractivity contribution in [1.29, 1.82) is 0 Å². The van der Waals surface area contributed by atoms with E-state index in [-0.39, 0.29) is 11.6 Å². The molecule has 0 saturated carbocycles. The van der Waals surface area contributed by atoms with Gasteiger partial charge in [0, 0.05) is 5.56 Å². The Bertz CT molecular complexity index is 897. The summed E-state index contributed by atoms with van der Waals surface area (Å²) in [5.41, 5.74) is 4.06. The van der Waals surface area contributed by atoms with Gasteiger partial charge in [0.25, 0.3) is 0 Å². The van der Waals surface area contributed by atoms with Gasteiger partial charge in [-0.05, 0) is 49.2 Å². The number of aryl methyl sites for hydroxylation is 2. The zero-order valence-electron chi connectivity index (χ0n) is 14.6. The van der Waals surface area contributed by atoms with Crippen molar-refractivity contribution < 1.29 is 19.0 Å². The van der Waals surface area contributed by atoms with E-state index in [1.54, 1.807) is 38.5 Å². The highest BCUT2D eigenvalue weighted by atomic mass is 16.6. The number of benzene rings is 2. The summed E-state index contributed by atoms with van der Waals surface area (Å²) in [6.07, 6.45) is 1.75. The molecule has 0 atom stereocenters. The molecular weight excluding hydrogens is 318 g/mol. The Labute approximate surface area is 146 Å². The second kappa shape index (κ2) is 6.81. The molecule has 0 bridgehead atoms. The maximum atomic E-state index is 12.2. The molecule has 0 spiro atoms. The van der Waals surface area contributed by atoms with Gasteiger partial charge in [0.15, 0.2) is 17.2 Å². The standard InChI is InChI=1S/C20H19NO4/c1-12-5-6-13(2)15(9-12)10-16-20(22)25-19(21-16)14-7-8-17(23-3)18(11-14)24-4/h5-11H,1-4H3/b16-10+. The average molecular weight is 337 g/mol. The van der Waals surface area contributed by atoms with Gasteiger partial charge < -0.3 is 14.2 Å². The molecule has 5 heteroatoms. The summed E-state index contributed by atoms with van der Waals surface area (Å²) in [6.45, 7) is 4.00. The normalized spacial score (nSPS) is 15.1. The molecule has 1 aliphatic rings. The van der Waals surface area contributed by atoms with Crippen molar-refractivity contribution in [3.63, 3.8) is 0 Å². The Balaban J connectivity index is 1.98. The highest BCUT2D eigenvalue weighted by Crippen LogP contribution is 2.29. The lowest BCUT2D eigenvalue weighted by Gasteiger charge is -2.08. The van der Waals surface area contributed by atoms with E-state index < -0.39 is 5.97 Å². The second-order valence-electron chi connectivity index (χ2n) is 5.77. The first-order chi connectivity index (χ1) is 12.0. The molecule has 0 aliphatic carbocycles. The summed E-state index contributed by atoms with van der Waals surface area (Å²) in [6, 6.07) is 11.3. The highest BCUT2D eigenvalue weighted by Gasteiger charge is 2.25. The van der Waals surface area contributed by atoms with E-state index in [4.69, 9.17) is 14.2 Å². The maximum Gasteiger partial charge on any atom is 0.363 e. The van der Waals surface area contributed by atoms with E-state index in [1.165, 1.54) is 0 Å². The van der Waals surface area contributed by atoms with Gasteiger partial charge in [0.05, 0.1) is 14.2 Å². The Morgan fingerprint density at radius 3 is 2.48 bits per heavy atom. The number of esters is 1. The molecule has 25 heavy (non-hydrogen) atoms. The van der Waals surface area contributed by atoms with E-state index in [0.29, 0.717) is 17.1 Å². The first kappa shape index (κ1) is 16.8. The summed E-state index contributed by atoms with van der Waals surface area (Å²) in [5, 5.41) is 0. The third-order valence-corrected chi connectivity index (χ3v) is 3.98. The number of cyclic esters (lactones) is 1. The molecule has 1 aliphatic heterocycles. The molecular formula is C20H19NO4. The molecule has 0 fully saturated rings. The molecule has 0 unspecified atom stereocenters. The monoisotopic (exact) mass is 337 g/mol. The van der Waals surface area contributed by atoms with Crippen LogP contribution in [0.25, 0.3) is 6.08 Å². The Hall–Kier alpha value is -3.08. The van der Waals surface area contributed by atoms with E-state index in [9.17, 15) is 4.79 Å². The lowest BCUT2D eigenvalue weighted by molar-refractivity contribution is -0.129. The fourth-order valence-electron chi connectivity index (χ4n) is 2.56. The molecule has 3 rings (SSSR count). The number of carbonyl (C=O) groups is 1. The van der Waals surface area contributed by atoms with Crippen LogP contribution >= 0.6 is 0 Å². The van der Waals surface area contributed by atoms with Gasteiger partial charge in [-0.25, -0.2) is 9.79 Å². The van der Waals surface area contributed by atoms with Gasteiger partial charge in [0.2, 0.25) is 5.90 Å². The molecule has 1 heterocycles. The predicted molar refractivity (Wildman–Crippen MR) is 96.1 cm³/mol. The van der Waals surface area contributed by atoms with Gasteiger partial charge in [0.1, 0.15) is 0 Å². The van der Waals surface area contributed by atoms with Gasteiger partial charge in [-0.15, -0.1) is 0 Å². The molecule has 0 saturated heterocycles. The Morgan fingerprint density at radius 1 is 1.00 bits per heavy atom. The van der Waals surface area contributed by atoms with Crippen LogP contribution in [0.4, 0.5) is 0 Å². The molecule has 128 valence electrons. The van der Waals surface area contributed by atoms with Crippen molar-refractivity contribution in [2.45, 2.75) is 13.8 Å². The van der Waals surface area contributed by atoms with Gasteiger partial charge in [-0.3, -0.25) is 0 Å². The summed E-state index contributed by atoms with van der Waals surface area (Å²) in [4.78, 5) is 16.5. The molecule has 2 aromatic rings. The Kier molecular flexibility index (Phi) is 4.57. The van der Waals surface area contributed by atoms with Crippen molar-refractivity contribution in [3.05, 3.63) is 64.3 Å². The fraction of sp³-hybridized carbons (Fsp3) is 0.200. The first-order valence-electron chi connectivity index (χ1n) is 7.84. The number of methoxy groups -OCH3 is 2. The number of carbonyl (C=O) groups excluding carboxylic acids is 1. The van der Waals surface area contributed by atoms with Crippen molar-refractivity contribution in [2.24, 2.45) is 4.99 Å². The number of hydrogen-bond donors (Lipinski definition) is 0. The minimum Gasteiger partial charge on any atom is -0.493 e. The van der Waals surface area contributed by atoms with Gasteiger partial charge in [-0.2, -0.15) is 0 Å². The predicted octanol–water partition coefficient (Wildman–Crippen LogP) is 3.67. The largest absolute Gasteiger partial charge is 0.493 e. The summed E-state index contributed by atoms with van der Waals surface area (Å²) < 4.78 is 15.8. The number of nitrogens with zero attached hydrogens (tertiary/aromatic N) is 1. The van der Waals surface area contributed by atoms with Crippen LogP contribution in [-0.4, -0.2) is 26.1 Å². The van der Waals surface area contributed by atoms with Crippen LogP contribution in [0.3, 0.4) is 0 Å². The van der Waals surface area contributed by atoms with Crippen LogP contribution in [0, 0.1) is 13.8 Å². The molecule has 5 nitrogen and oxygen atoms in total. The molecule has 0 N–H and O–H groups in total. The zero-order valence-corrected chi connectivity index (χ0v) is 14.6. The van der Waals surface area contributed by atoms with Crippen LogP contribution in [0.2, 0.25) is 0 Å². The molecule has 0 amide bonds. The van der Waals surface area contributed by atoms with Crippen LogP contribution in [0.15, 0.2) is 47.1 Å². The van der Waals surface area contributed by atoms with Crippen LogP contribution in [0.5, 0.6) is 11.5 Å². The lowest BCUT2D eigenvalue weighted by Crippen LogP contribution is -2.06. The van der Waals surface area contributed by atoms with Crippen molar-refractivity contribution in [2.75, 3.05) is 14.2 Å². The number of aliphatic imine (C=N–C) groups is 1. The van der Waals surface area contributed by atoms with E-state index >= 15 is 0 Å². The van der Waals surface area contributed by atoms with Crippen LogP contribution in [0.1, 0.15) is 22.3 Å². The number of ether oxygens (including phenoxy) is 3. The summed E-state index contributed by atoms with van der Waals surface area (Å²) in [5.74, 6) is 0.932. The van der Waals surface area contributed by atoms with E-state index in [2.05, 4.69) is 4.99 Å². The highest BCUT2D eigenvalue weighted by molar-refractivity contribution is 6.13. The summed E-state index contributed by atoms with van der Waals surface area (Å²) >= 11 is 0. The second-order valence-corrected chi connectivity index (χ2v) is 5.77. The molecule has 0 aromatic heterocycles.